The minimum atomic E-state index is 0.187. The molecule has 3 heteroatoms. The Labute approximate surface area is 115 Å². The number of hydrogen-bond donors (Lipinski definition) is 1. The maximum absolute atomic E-state index is 5.47. The second-order valence-corrected chi connectivity index (χ2v) is 4.80. The molecule has 2 aromatic rings. The van der Waals surface area contributed by atoms with E-state index in [2.05, 4.69) is 48.4 Å². The lowest BCUT2D eigenvalue weighted by atomic mass is 9.99. The van der Waals surface area contributed by atoms with Gasteiger partial charge in [0.1, 0.15) is 0 Å². The summed E-state index contributed by atoms with van der Waals surface area (Å²) >= 11 is 0. The van der Waals surface area contributed by atoms with Crippen LogP contribution in [0.25, 0.3) is 10.9 Å². The molecule has 0 aliphatic carbocycles. The molecule has 0 amide bonds. The van der Waals surface area contributed by atoms with Crippen molar-refractivity contribution in [2.75, 3.05) is 13.7 Å². The van der Waals surface area contributed by atoms with Gasteiger partial charge in [0, 0.05) is 24.7 Å². The Morgan fingerprint density at radius 2 is 2.05 bits per heavy atom. The molecular formula is C16H22N2O. The lowest BCUT2D eigenvalue weighted by Gasteiger charge is -2.24. The van der Waals surface area contributed by atoms with Gasteiger partial charge in [-0.3, -0.25) is 4.98 Å². The Kier molecular flexibility index (Phi) is 4.88. The van der Waals surface area contributed by atoms with Crippen LogP contribution in [0, 0.1) is 0 Å². The third-order valence-electron chi connectivity index (χ3n) is 3.58. The maximum atomic E-state index is 5.47. The summed E-state index contributed by atoms with van der Waals surface area (Å²) in [7, 11) is 1.76. The first-order chi connectivity index (χ1) is 9.26. The highest BCUT2D eigenvalue weighted by atomic mass is 16.5. The van der Waals surface area contributed by atoms with Gasteiger partial charge in [-0.2, -0.15) is 0 Å². The van der Waals surface area contributed by atoms with Gasteiger partial charge in [-0.25, -0.2) is 0 Å². The molecule has 1 aromatic heterocycles. The second-order valence-electron chi connectivity index (χ2n) is 4.80. The molecule has 0 bridgehead atoms. The van der Waals surface area contributed by atoms with E-state index in [4.69, 9.17) is 4.74 Å². The summed E-state index contributed by atoms with van der Waals surface area (Å²) < 4.78 is 5.47. The zero-order chi connectivity index (χ0) is 13.7. The van der Waals surface area contributed by atoms with E-state index >= 15 is 0 Å². The van der Waals surface area contributed by atoms with Gasteiger partial charge in [0.2, 0.25) is 0 Å². The zero-order valence-corrected chi connectivity index (χ0v) is 11.9. The van der Waals surface area contributed by atoms with E-state index in [9.17, 15) is 0 Å². The van der Waals surface area contributed by atoms with Gasteiger partial charge in [0.25, 0.3) is 0 Å². The Morgan fingerprint density at radius 1 is 1.26 bits per heavy atom. The summed E-state index contributed by atoms with van der Waals surface area (Å²) in [6.07, 6.45) is 3.02. The number of ether oxygens (including phenoxy) is 1. The van der Waals surface area contributed by atoms with Gasteiger partial charge in [0.05, 0.1) is 11.6 Å². The van der Waals surface area contributed by atoms with Crippen LogP contribution >= 0.6 is 0 Å². The fourth-order valence-corrected chi connectivity index (χ4v) is 2.40. The summed E-state index contributed by atoms with van der Waals surface area (Å²) in [5.41, 5.74) is 2.38. The highest BCUT2D eigenvalue weighted by molar-refractivity contribution is 5.81. The molecule has 0 saturated carbocycles. The summed E-state index contributed by atoms with van der Waals surface area (Å²) in [5, 5.41) is 4.73. The fraction of sp³-hybridized carbons (Fsp3) is 0.438. The average Bonchev–Trinajstić information content (AvgIpc) is 2.46. The van der Waals surface area contributed by atoms with Crippen LogP contribution in [0.2, 0.25) is 0 Å². The van der Waals surface area contributed by atoms with Crippen LogP contribution < -0.4 is 5.32 Å². The first-order valence-corrected chi connectivity index (χ1v) is 6.85. The average molecular weight is 258 g/mol. The fourth-order valence-electron chi connectivity index (χ4n) is 2.40. The van der Waals surface area contributed by atoms with Gasteiger partial charge in [-0.05, 0) is 37.6 Å². The molecule has 0 spiro atoms. The van der Waals surface area contributed by atoms with Crippen molar-refractivity contribution in [3.63, 3.8) is 0 Å². The van der Waals surface area contributed by atoms with Crippen LogP contribution in [0.4, 0.5) is 0 Å². The number of para-hydroxylation sites is 1. The maximum Gasteiger partial charge on any atom is 0.0704 e. The van der Waals surface area contributed by atoms with Crippen molar-refractivity contribution in [3.05, 3.63) is 42.1 Å². The molecular weight excluding hydrogens is 236 g/mol. The molecule has 0 radical (unpaired) electrons. The van der Waals surface area contributed by atoms with Crippen LogP contribution in [-0.4, -0.2) is 30.8 Å². The number of aromatic nitrogens is 1. The molecule has 1 aromatic carbocycles. The highest BCUT2D eigenvalue weighted by Gasteiger charge is 2.17. The molecule has 3 nitrogen and oxygen atoms in total. The third-order valence-corrected chi connectivity index (χ3v) is 3.58. The number of rotatable bonds is 6. The van der Waals surface area contributed by atoms with Crippen molar-refractivity contribution in [1.82, 2.24) is 10.3 Å². The molecule has 2 unspecified atom stereocenters. The van der Waals surface area contributed by atoms with Crippen LogP contribution in [0.3, 0.4) is 0 Å². The number of benzene rings is 1. The quantitative estimate of drug-likeness (QED) is 0.865. The number of pyridine rings is 1. The highest BCUT2D eigenvalue weighted by Crippen LogP contribution is 2.18. The number of nitrogens with zero attached hydrogens (tertiary/aromatic N) is 1. The molecule has 0 fully saturated rings. The predicted molar refractivity (Wildman–Crippen MR) is 79.4 cm³/mol. The smallest absolute Gasteiger partial charge is 0.0704 e. The molecule has 19 heavy (non-hydrogen) atoms. The summed E-state index contributed by atoms with van der Waals surface area (Å²) in [6.45, 7) is 5.18. The van der Waals surface area contributed by atoms with Crippen molar-refractivity contribution < 1.29 is 4.74 Å². The van der Waals surface area contributed by atoms with Crippen molar-refractivity contribution in [2.45, 2.75) is 32.4 Å². The Hall–Kier alpha value is -1.45. The van der Waals surface area contributed by atoms with Crippen LogP contribution in [-0.2, 0) is 11.2 Å². The summed E-state index contributed by atoms with van der Waals surface area (Å²) in [4.78, 5) is 4.41. The Bertz CT molecular complexity index is 522. The number of likely N-dealkylation sites (N-methyl/N-ethyl adjacent to an activating group) is 1. The number of methoxy groups -OCH3 is 1. The van der Waals surface area contributed by atoms with E-state index in [1.807, 2.05) is 12.3 Å². The Morgan fingerprint density at radius 3 is 2.79 bits per heavy atom. The van der Waals surface area contributed by atoms with Crippen LogP contribution in [0.1, 0.15) is 19.4 Å². The summed E-state index contributed by atoms with van der Waals surface area (Å²) in [6, 6.07) is 10.7. The lowest BCUT2D eigenvalue weighted by Crippen LogP contribution is -2.41. The monoisotopic (exact) mass is 258 g/mol. The first kappa shape index (κ1) is 14.0. The number of nitrogens with one attached hydrogen (secondary N) is 1. The largest absolute Gasteiger partial charge is 0.380 e. The third kappa shape index (κ3) is 3.31. The summed E-state index contributed by atoms with van der Waals surface area (Å²) in [5.74, 6) is 0. The second kappa shape index (κ2) is 6.64. The van der Waals surface area contributed by atoms with Crippen molar-refractivity contribution >= 4 is 10.9 Å². The minimum Gasteiger partial charge on any atom is -0.380 e. The standard InChI is InChI=1S/C16H22N2O/c1-4-17-16(12(2)19-3)11-13-9-10-18-15-8-6-5-7-14(13)15/h5-10,12,16-17H,4,11H2,1-3H3. The van der Waals surface area contributed by atoms with Crippen LogP contribution in [0.15, 0.2) is 36.5 Å². The van der Waals surface area contributed by atoms with Gasteiger partial charge >= 0.3 is 0 Å². The van der Waals surface area contributed by atoms with Crippen molar-refractivity contribution in [2.24, 2.45) is 0 Å². The van der Waals surface area contributed by atoms with E-state index in [1.165, 1.54) is 10.9 Å². The molecule has 1 N–H and O–H groups in total. The number of fused-ring (bicyclic) bond motifs is 1. The lowest BCUT2D eigenvalue weighted by molar-refractivity contribution is 0.0837. The molecule has 2 rings (SSSR count). The van der Waals surface area contributed by atoms with E-state index < -0.39 is 0 Å². The van der Waals surface area contributed by atoms with E-state index in [0.29, 0.717) is 6.04 Å². The molecule has 0 aliphatic rings. The molecule has 0 aliphatic heterocycles. The molecule has 1 heterocycles. The Balaban J connectivity index is 2.28. The first-order valence-electron chi connectivity index (χ1n) is 6.85. The topological polar surface area (TPSA) is 34.2 Å². The van der Waals surface area contributed by atoms with Gasteiger partial charge < -0.3 is 10.1 Å². The molecule has 2 atom stereocenters. The SMILES string of the molecule is CCNC(Cc1ccnc2ccccc12)C(C)OC. The van der Waals surface area contributed by atoms with E-state index in [0.717, 1.165) is 18.5 Å². The van der Waals surface area contributed by atoms with Crippen molar-refractivity contribution in [3.8, 4) is 0 Å². The minimum absolute atomic E-state index is 0.187. The number of hydrogen-bond acceptors (Lipinski definition) is 3. The molecule has 0 saturated heterocycles. The zero-order valence-electron chi connectivity index (χ0n) is 11.9. The van der Waals surface area contributed by atoms with Crippen LogP contribution in [0.5, 0.6) is 0 Å². The normalized spacial score (nSPS) is 14.5. The molecule has 102 valence electrons. The van der Waals surface area contributed by atoms with Gasteiger partial charge in [-0.15, -0.1) is 0 Å². The van der Waals surface area contributed by atoms with E-state index in [1.54, 1.807) is 7.11 Å². The van der Waals surface area contributed by atoms with Crippen molar-refractivity contribution in [1.29, 1.82) is 0 Å². The van der Waals surface area contributed by atoms with E-state index in [-0.39, 0.29) is 6.10 Å². The van der Waals surface area contributed by atoms with Gasteiger partial charge in [-0.1, -0.05) is 25.1 Å². The van der Waals surface area contributed by atoms with Gasteiger partial charge in [0.15, 0.2) is 0 Å². The predicted octanol–water partition coefficient (Wildman–Crippen LogP) is 2.79.